The van der Waals surface area contributed by atoms with Crippen LogP contribution in [0, 0.1) is 6.92 Å². The van der Waals surface area contributed by atoms with Crippen LogP contribution in [0.25, 0.3) is 28.0 Å². The molecule has 0 atom stereocenters. The van der Waals surface area contributed by atoms with E-state index in [1.54, 1.807) is 6.08 Å². The summed E-state index contributed by atoms with van der Waals surface area (Å²) in [5, 5.41) is 2.29. The number of allylic oxidation sites excluding steroid dienone is 1. The quantitative estimate of drug-likeness (QED) is 0.252. The van der Waals surface area contributed by atoms with E-state index in [-0.39, 0.29) is 5.04 Å². The zero-order valence-corrected chi connectivity index (χ0v) is 19.2. The molecule has 0 fully saturated rings. The third-order valence-electron chi connectivity index (χ3n) is 5.91. The summed E-state index contributed by atoms with van der Waals surface area (Å²) < 4.78 is 6.87. The van der Waals surface area contributed by atoms with Crippen molar-refractivity contribution in [3.8, 4) is 16.9 Å². The van der Waals surface area contributed by atoms with Gasteiger partial charge in [-0.15, -0.1) is 0 Å². The van der Waals surface area contributed by atoms with Gasteiger partial charge in [0, 0.05) is 10.9 Å². The van der Waals surface area contributed by atoms with E-state index in [4.69, 9.17) is 4.43 Å². The van der Waals surface area contributed by atoms with Gasteiger partial charge in [0.05, 0.1) is 0 Å². The number of rotatable bonds is 5. The molecule has 0 bridgehead atoms. The number of hydrogen-bond acceptors (Lipinski definition) is 2. The molecule has 0 amide bonds. The highest BCUT2D eigenvalue weighted by atomic mass is 28.4. The Balaban J connectivity index is 2.35. The molecule has 3 heteroatoms. The number of hydrogen-bond donors (Lipinski definition) is 0. The minimum absolute atomic E-state index is 0.0691. The van der Waals surface area contributed by atoms with Crippen molar-refractivity contribution >= 4 is 31.5 Å². The van der Waals surface area contributed by atoms with E-state index >= 15 is 0 Å². The molecule has 150 valence electrons. The Kier molecular flexibility index (Phi) is 5.81. The van der Waals surface area contributed by atoms with Crippen LogP contribution in [-0.4, -0.2) is 14.6 Å². The first-order valence-electron chi connectivity index (χ1n) is 10.1. The predicted molar refractivity (Wildman–Crippen MR) is 127 cm³/mol. The molecule has 0 aliphatic rings. The molecule has 29 heavy (non-hydrogen) atoms. The predicted octanol–water partition coefficient (Wildman–Crippen LogP) is 7.41. The lowest BCUT2D eigenvalue weighted by Gasteiger charge is -2.37. The summed E-state index contributed by atoms with van der Waals surface area (Å²) in [6, 6.07) is 19.0. The van der Waals surface area contributed by atoms with Crippen LogP contribution in [-0.2, 0) is 4.79 Å². The van der Waals surface area contributed by atoms with E-state index in [1.807, 2.05) is 12.1 Å². The van der Waals surface area contributed by atoms with Gasteiger partial charge < -0.3 is 4.43 Å². The number of benzene rings is 3. The van der Waals surface area contributed by atoms with Crippen molar-refractivity contribution in [1.29, 1.82) is 0 Å². The molecule has 0 radical (unpaired) electrons. The maximum atomic E-state index is 11.2. The Morgan fingerprint density at radius 2 is 1.62 bits per heavy atom. The van der Waals surface area contributed by atoms with Crippen LogP contribution in [0.2, 0.25) is 18.1 Å². The average molecular weight is 403 g/mol. The molecular weight excluding hydrogens is 372 g/mol. The maximum absolute atomic E-state index is 11.2. The van der Waals surface area contributed by atoms with Crippen molar-refractivity contribution in [2.75, 3.05) is 0 Å². The zero-order valence-electron chi connectivity index (χ0n) is 18.2. The molecule has 0 aliphatic carbocycles. The Morgan fingerprint density at radius 3 is 2.24 bits per heavy atom. The SMILES string of the molecule is Cc1ccc(-c2cc3ccccc3c(O[Si](C)(C)C(C)(C)C)c2/C=C\C=O)cc1. The molecule has 0 saturated carbocycles. The molecule has 0 N–H and O–H groups in total. The van der Waals surface area contributed by atoms with Gasteiger partial charge in [-0.05, 0) is 59.8 Å². The van der Waals surface area contributed by atoms with E-state index in [0.29, 0.717) is 0 Å². The lowest BCUT2D eigenvalue weighted by Crippen LogP contribution is -2.44. The molecule has 0 spiro atoms. The standard InChI is InChI=1S/C26H30O2Si/c1-19-13-15-20(16-14-19)24-18-21-10-7-8-11-22(21)25(23(24)12-9-17-27)28-29(5,6)26(2,3)4/h7-18H,1-6H3/b12-9-. The molecule has 3 rings (SSSR count). The highest BCUT2D eigenvalue weighted by Gasteiger charge is 2.39. The number of fused-ring (bicyclic) bond motifs is 1. The summed E-state index contributed by atoms with van der Waals surface area (Å²) in [5.41, 5.74) is 4.38. The molecule has 3 aromatic rings. The lowest BCUT2D eigenvalue weighted by atomic mass is 9.93. The largest absolute Gasteiger partial charge is 0.543 e. The third-order valence-corrected chi connectivity index (χ3v) is 10.2. The van der Waals surface area contributed by atoms with Gasteiger partial charge in [0.25, 0.3) is 8.32 Å². The number of carbonyl (C=O) groups excluding carboxylic acids is 1. The van der Waals surface area contributed by atoms with Crippen LogP contribution < -0.4 is 4.43 Å². The second-order valence-electron chi connectivity index (χ2n) is 9.11. The molecule has 2 nitrogen and oxygen atoms in total. The van der Waals surface area contributed by atoms with Crippen molar-refractivity contribution in [3.05, 3.63) is 71.8 Å². The van der Waals surface area contributed by atoms with Gasteiger partial charge in [-0.25, -0.2) is 0 Å². The van der Waals surface area contributed by atoms with Gasteiger partial charge in [0.2, 0.25) is 0 Å². The van der Waals surface area contributed by atoms with E-state index in [2.05, 4.69) is 89.3 Å². The first-order chi connectivity index (χ1) is 13.6. The second kappa shape index (κ2) is 8.00. The number of aryl methyl sites for hydroxylation is 1. The molecule has 0 unspecified atom stereocenters. The van der Waals surface area contributed by atoms with E-state index in [1.165, 1.54) is 5.56 Å². The summed E-state index contributed by atoms with van der Waals surface area (Å²) in [6.45, 7) is 13.3. The van der Waals surface area contributed by atoms with Crippen molar-refractivity contribution in [2.24, 2.45) is 0 Å². The molecule has 0 aromatic heterocycles. The number of aldehydes is 1. The minimum Gasteiger partial charge on any atom is -0.543 e. The molecule has 3 aromatic carbocycles. The van der Waals surface area contributed by atoms with Crippen LogP contribution in [0.1, 0.15) is 31.9 Å². The topological polar surface area (TPSA) is 26.3 Å². The zero-order chi connectivity index (χ0) is 21.2. The van der Waals surface area contributed by atoms with Crippen LogP contribution in [0.5, 0.6) is 5.75 Å². The summed E-state index contributed by atoms with van der Waals surface area (Å²) in [4.78, 5) is 11.2. The van der Waals surface area contributed by atoms with Gasteiger partial charge >= 0.3 is 0 Å². The summed E-state index contributed by atoms with van der Waals surface area (Å²) in [5.74, 6) is 0.878. The minimum atomic E-state index is -2.09. The van der Waals surface area contributed by atoms with Crippen LogP contribution >= 0.6 is 0 Å². The summed E-state index contributed by atoms with van der Waals surface area (Å²) in [7, 11) is -2.09. The summed E-state index contributed by atoms with van der Waals surface area (Å²) >= 11 is 0. The molecule has 0 heterocycles. The van der Waals surface area contributed by atoms with Crippen molar-refractivity contribution in [3.63, 3.8) is 0 Å². The fraction of sp³-hybridized carbons (Fsp3) is 0.269. The van der Waals surface area contributed by atoms with Gasteiger partial charge in [0.15, 0.2) is 0 Å². The highest BCUT2D eigenvalue weighted by Crippen LogP contribution is 2.44. The van der Waals surface area contributed by atoms with Gasteiger partial charge in [-0.2, -0.15) is 0 Å². The van der Waals surface area contributed by atoms with Crippen LogP contribution in [0.4, 0.5) is 0 Å². The Hall–Kier alpha value is -2.65. The van der Waals surface area contributed by atoms with Crippen molar-refractivity contribution in [1.82, 2.24) is 0 Å². The second-order valence-corrected chi connectivity index (χ2v) is 13.8. The Morgan fingerprint density at radius 1 is 0.966 bits per heavy atom. The third kappa shape index (κ3) is 4.35. The molecular formula is C26H30O2Si. The average Bonchev–Trinajstić information content (AvgIpc) is 2.66. The van der Waals surface area contributed by atoms with Crippen molar-refractivity contribution in [2.45, 2.75) is 45.8 Å². The highest BCUT2D eigenvalue weighted by molar-refractivity contribution is 6.74. The monoisotopic (exact) mass is 402 g/mol. The lowest BCUT2D eigenvalue weighted by molar-refractivity contribution is -0.104. The maximum Gasteiger partial charge on any atom is 0.250 e. The summed E-state index contributed by atoms with van der Waals surface area (Å²) in [6.07, 6.45) is 4.27. The fourth-order valence-corrected chi connectivity index (χ4v) is 4.16. The van der Waals surface area contributed by atoms with Crippen molar-refractivity contribution < 1.29 is 9.22 Å². The van der Waals surface area contributed by atoms with Crippen LogP contribution in [0.3, 0.4) is 0 Å². The molecule has 0 aliphatic heterocycles. The van der Waals surface area contributed by atoms with E-state index in [0.717, 1.165) is 39.5 Å². The molecule has 0 saturated heterocycles. The number of carbonyl (C=O) groups is 1. The van der Waals surface area contributed by atoms with Gasteiger partial charge in [-0.1, -0.05) is 74.9 Å². The Bertz CT molecular complexity index is 1050. The Labute approximate surface area is 175 Å². The fourth-order valence-electron chi connectivity index (χ4n) is 3.12. The normalized spacial score (nSPS) is 12.5. The van der Waals surface area contributed by atoms with E-state index in [9.17, 15) is 4.79 Å². The first-order valence-corrected chi connectivity index (χ1v) is 13.0. The van der Waals surface area contributed by atoms with Gasteiger partial charge in [-0.3, -0.25) is 4.79 Å². The van der Waals surface area contributed by atoms with Gasteiger partial charge in [0.1, 0.15) is 12.0 Å². The van der Waals surface area contributed by atoms with E-state index < -0.39 is 8.32 Å². The first kappa shape index (κ1) is 21.1. The van der Waals surface area contributed by atoms with Crippen LogP contribution in [0.15, 0.2) is 60.7 Å². The smallest absolute Gasteiger partial charge is 0.250 e.